The zero-order valence-electron chi connectivity index (χ0n) is 13.7. The number of benzene rings is 1. The Bertz CT molecular complexity index is 831. The minimum Gasteiger partial charge on any atom is -0.465 e. The molecule has 1 aromatic heterocycles. The summed E-state index contributed by atoms with van der Waals surface area (Å²) in [4.78, 5) is 29.3. The van der Waals surface area contributed by atoms with E-state index in [1.54, 1.807) is 35.5 Å². The van der Waals surface area contributed by atoms with Crippen molar-refractivity contribution in [1.29, 1.82) is 0 Å². The zero-order valence-corrected chi connectivity index (χ0v) is 15.4. The van der Waals surface area contributed by atoms with Crippen molar-refractivity contribution in [3.8, 4) is 0 Å². The van der Waals surface area contributed by atoms with E-state index in [1.807, 2.05) is 12.1 Å². The number of carbonyl (C=O) groups excluding carboxylic acids is 1. The fraction of sp³-hybridized carbons (Fsp3) is 0.353. The van der Waals surface area contributed by atoms with Crippen LogP contribution < -0.4 is 5.56 Å². The normalized spacial score (nSPS) is 16.0. The van der Waals surface area contributed by atoms with E-state index in [0.29, 0.717) is 16.6 Å². The van der Waals surface area contributed by atoms with Crippen LogP contribution in [0.5, 0.6) is 0 Å². The van der Waals surface area contributed by atoms with Gasteiger partial charge in [-0.2, -0.15) is 0 Å². The van der Waals surface area contributed by atoms with Gasteiger partial charge in [0, 0.05) is 24.5 Å². The zero-order chi connectivity index (χ0) is 17.3. The third-order valence-corrected chi connectivity index (χ3v) is 6.14. The minimum absolute atomic E-state index is 0.0397. The van der Waals surface area contributed by atoms with Crippen LogP contribution in [-0.4, -0.2) is 27.9 Å². The summed E-state index contributed by atoms with van der Waals surface area (Å²) in [7, 11) is 3.13. The highest BCUT2D eigenvalue weighted by Gasteiger charge is 2.25. The Hall–Kier alpha value is -1.73. The van der Waals surface area contributed by atoms with Crippen molar-refractivity contribution in [2.24, 2.45) is 7.05 Å². The lowest BCUT2D eigenvalue weighted by Gasteiger charge is -2.09. The van der Waals surface area contributed by atoms with Crippen molar-refractivity contribution in [2.45, 2.75) is 34.4 Å². The molecule has 0 N–H and O–H groups in total. The molecule has 2 heterocycles. The molecule has 0 saturated heterocycles. The Balaban J connectivity index is 1.76. The van der Waals surface area contributed by atoms with E-state index in [0.717, 1.165) is 27.7 Å². The molecule has 0 fully saturated rings. The molecule has 0 radical (unpaired) electrons. The standard InChI is InChI=1S/C17H18N2O3S2/c1-10-8-13-14(24-10)15(20)19(2)17(18-13)23-9-11-4-6-12(7-5-11)16(21)22-3/h4-7,10H,8-9H2,1-3H3. The molecule has 3 rings (SSSR count). The number of hydrogen-bond donors (Lipinski definition) is 0. The third kappa shape index (κ3) is 3.37. The van der Waals surface area contributed by atoms with Gasteiger partial charge in [0.25, 0.3) is 5.56 Å². The highest BCUT2D eigenvalue weighted by molar-refractivity contribution is 8.00. The van der Waals surface area contributed by atoms with Gasteiger partial charge in [-0.15, -0.1) is 11.8 Å². The lowest BCUT2D eigenvalue weighted by molar-refractivity contribution is 0.0600. The van der Waals surface area contributed by atoms with Gasteiger partial charge in [0.2, 0.25) is 0 Å². The molecule has 5 nitrogen and oxygen atoms in total. The summed E-state index contributed by atoms with van der Waals surface area (Å²) in [6.45, 7) is 2.11. The van der Waals surface area contributed by atoms with Gasteiger partial charge in [0.05, 0.1) is 23.3 Å². The maximum absolute atomic E-state index is 12.4. The number of hydrogen-bond acceptors (Lipinski definition) is 6. The van der Waals surface area contributed by atoms with Crippen LogP contribution in [0, 0.1) is 0 Å². The fourth-order valence-electron chi connectivity index (χ4n) is 2.51. The van der Waals surface area contributed by atoms with E-state index in [9.17, 15) is 9.59 Å². The first kappa shape index (κ1) is 17.1. The molecule has 126 valence electrons. The number of ether oxygens (including phenoxy) is 1. The number of aromatic nitrogens is 2. The molecule has 2 aromatic rings. The van der Waals surface area contributed by atoms with Crippen LogP contribution in [0.4, 0.5) is 0 Å². The monoisotopic (exact) mass is 362 g/mol. The average molecular weight is 362 g/mol. The predicted molar refractivity (Wildman–Crippen MR) is 95.8 cm³/mol. The molecule has 7 heteroatoms. The van der Waals surface area contributed by atoms with Crippen molar-refractivity contribution in [1.82, 2.24) is 9.55 Å². The van der Waals surface area contributed by atoms with Crippen molar-refractivity contribution < 1.29 is 9.53 Å². The predicted octanol–water partition coefficient (Wildman–Crippen LogP) is 2.90. The largest absolute Gasteiger partial charge is 0.465 e. The summed E-state index contributed by atoms with van der Waals surface area (Å²) in [5.74, 6) is 0.340. The molecule has 1 atom stereocenters. The summed E-state index contributed by atoms with van der Waals surface area (Å²) in [5, 5.41) is 1.14. The van der Waals surface area contributed by atoms with E-state index < -0.39 is 0 Å². The molecule has 24 heavy (non-hydrogen) atoms. The average Bonchev–Trinajstić information content (AvgIpc) is 2.97. The number of methoxy groups -OCH3 is 1. The van der Waals surface area contributed by atoms with Gasteiger partial charge in [-0.05, 0) is 17.7 Å². The second kappa shape index (κ2) is 7.03. The maximum atomic E-state index is 12.4. The van der Waals surface area contributed by atoms with Gasteiger partial charge in [-0.1, -0.05) is 30.8 Å². The van der Waals surface area contributed by atoms with E-state index in [-0.39, 0.29) is 11.5 Å². The summed E-state index contributed by atoms with van der Waals surface area (Å²) in [5.41, 5.74) is 2.54. The topological polar surface area (TPSA) is 61.2 Å². The lowest BCUT2D eigenvalue weighted by Crippen LogP contribution is -2.22. The van der Waals surface area contributed by atoms with Crippen molar-refractivity contribution in [3.05, 3.63) is 51.4 Å². The first-order valence-corrected chi connectivity index (χ1v) is 9.42. The van der Waals surface area contributed by atoms with Gasteiger partial charge in [0.1, 0.15) is 0 Å². The lowest BCUT2D eigenvalue weighted by atomic mass is 10.1. The third-order valence-electron chi connectivity index (χ3n) is 3.82. The highest BCUT2D eigenvalue weighted by Crippen LogP contribution is 2.34. The smallest absolute Gasteiger partial charge is 0.337 e. The van der Waals surface area contributed by atoms with Gasteiger partial charge < -0.3 is 4.74 Å². The highest BCUT2D eigenvalue weighted by atomic mass is 32.2. The van der Waals surface area contributed by atoms with E-state index in [2.05, 4.69) is 11.9 Å². The van der Waals surface area contributed by atoms with Crippen LogP contribution in [0.25, 0.3) is 0 Å². The van der Waals surface area contributed by atoms with Crippen molar-refractivity contribution >= 4 is 29.5 Å². The number of esters is 1. The molecule has 0 amide bonds. The summed E-state index contributed by atoms with van der Waals surface area (Å²) in [6, 6.07) is 7.27. The van der Waals surface area contributed by atoms with Crippen LogP contribution in [0.1, 0.15) is 28.5 Å². The Morgan fingerprint density at radius 2 is 2.12 bits per heavy atom. The summed E-state index contributed by atoms with van der Waals surface area (Å²) >= 11 is 3.14. The van der Waals surface area contributed by atoms with Crippen LogP contribution in [0.15, 0.2) is 39.1 Å². The van der Waals surface area contributed by atoms with Gasteiger partial charge in [0.15, 0.2) is 5.16 Å². The number of rotatable bonds is 4. The SMILES string of the molecule is COC(=O)c1ccc(CSc2nc3c(c(=O)n2C)SC(C)C3)cc1. The van der Waals surface area contributed by atoms with E-state index in [4.69, 9.17) is 4.74 Å². The van der Waals surface area contributed by atoms with Gasteiger partial charge in [-0.25, -0.2) is 9.78 Å². The van der Waals surface area contributed by atoms with E-state index in [1.165, 1.54) is 18.9 Å². The number of fused-ring (bicyclic) bond motifs is 1. The van der Waals surface area contributed by atoms with Crippen LogP contribution in [0.2, 0.25) is 0 Å². The number of carbonyl (C=O) groups is 1. The Morgan fingerprint density at radius 3 is 2.79 bits per heavy atom. The molecule has 0 spiro atoms. The molecule has 1 aliphatic heterocycles. The Kier molecular flexibility index (Phi) is 5.01. The summed E-state index contributed by atoms with van der Waals surface area (Å²) < 4.78 is 6.31. The molecule has 1 aromatic carbocycles. The molecule has 1 unspecified atom stereocenters. The molecule has 1 aliphatic rings. The quantitative estimate of drug-likeness (QED) is 0.473. The van der Waals surface area contributed by atoms with Gasteiger partial charge >= 0.3 is 5.97 Å². The van der Waals surface area contributed by atoms with Crippen molar-refractivity contribution in [2.75, 3.05) is 7.11 Å². The summed E-state index contributed by atoms with van der Waals surface area (Å²) in [6.07, 6.45) is 0.845. The molecule has 0 aliphatic carbocycles. The van der Waals surface area contributed by atoms with Gasteiger partial charge in [-0.3, -0.25) is 9.36 Å². The van der Waals surface area contributed by atoms with E-state index >= 15 is 0 Å². The Morgan fingerprint density at radius 1 is 1.42 bits per heavy atom. The molecular weight excluding hydrogens is 344 g/mol. The maximum Gasteiger partial charge on any atom is 0.337 e. The van der Waals surface area contributed by atoms with Crippen LogP contribution >= 0.6 is 23.5 Å². The fourth-order valence-corrected chi connectivity index (χ4v) is 4.59. The minimum atomic E-state index is -0.344. The van der Waals surface area contributed by atoms with Crippen LogP contribution in [-0.2, 0) is 24.0 Å². The second-order valence-corrected chi connectivity index (χ2v) is 8.04. The Labute approximate surface area is 148 Å². The number of thioether (sulfide) groups is 2. The van der Waals surface area contributed by atoms with Crippen molar-refractivity contribution in [3.63, 3.8) is 0 Å². The second-order valence-electron chi connectivity index (χ2n) is 5.64. The molecule has 0 bridgehead atoms. The number of nitrogens with zero attached hydrogens (tertiary/aromatic N) is 2. The first-order chi connectivity index (χ1) is 11.5. The van der Waals surface area contributed by atoms with Crippen LogP contribution in [0.3, 0.4) is 0 Å². The molecular formula is C17H18N2O3S2. The molecule has 0 saturated carbocycles. The first-order valence-electron chi connectivity index (χ1n) is 7.56.